The number of carbonyl (C=O) groups excluding carboxylic acids is 1. The minimum absolute atomic E-state index is 0.0797. The summed E-state index contributed by atoms with van der Waals surface area (Å²) in [4.78, 5) is 11.0. The van der Waals surface area contributed by atoms with Gasteiger partial charge < -0.3 is 4.74 Å². The zero-order valence-corrected chi connectivity index (χ0v) is 14.2. The second-order valence-corrected chi connectivity index (χ2v) is 7.04. The van der Waals surface area contributed by atoms with Crippen molar-refractivity contribution in [2.45, 2.75) is 4.90 Å². The van der Waals surface area contributed by atoms with Crippen LogP contribution in [-0.4, -0.2) is 20.9 Å². The zero-order valence-electron chi connectivity index (χ0n) is 11.8. The molecule has 2 aromatic rings. The molecule has 0 radical (unpaired) electrons. The van der Waals surface area contributed by atoms with E-state index in [0.717, 1.165) is 4.47 Å². The average Bonchev–Trinajstić information content (AvgIpc) is 2.55. The van der Waals surface area contributed by atoms with E-state index in [1.54, 1.807) is 24.3 Å². The molecule has 9 heteroatoms. The van der Waals surface area contributed by atoms with Crippen LogP contribution in [0, 0.1) is 0 Å². The Labute approximate surface area is 142 Å². The molecule has 0 aromatic heterocycles. The number of ether oxygens (including phenoxy) is 1. The number of nitrogens with one attached hydrogen (secondary N) is 2. The van der Waals surface area contributed by atoms with Crippen LogP contribution in [0.25, 0.3) is 0 Å². The third-order valence-electron chi connectivity index (χ3n) is 2.76. The lowest BCUT2D eigenvalue weighted by molar-refractivity contribution is -0.123. The number of benzene rings is 2. The molecule has 0 unspecified atom stereocenters. The summed E-state index contributed by atoms with van der Waals surface area (Å²) in [5.74, 6) is 4.80. The largest absolute Gasteiger partial charge is 0.484 e. The standard InChI is InChI=1S/C14H14BrN3O4S/c15-10-1-3-11(4-2-10)18-23(20,21)13-7-5-12(6-8-13)22-9-14(19)17-16/h1-8,18H,9,16H2,(H,17,19). The van der Waals surface area contributed by atoms with E-state index in [4.69, 9.17) is 10.6 Å². The topological polar surface area (TPSA) is 111 Å². The van der Waals surface area contributed by atoms with Crippen molar-refractivity contribution in [3.05, 3.63) is 53.0 Å². The van der Waals surface area contributed by atoms with Crippen LogP contribution in [-0.2, 0) is 14.8 Å². The molecule has 0 saturated heterocycles. The predicted molar refractivity (Wildman–Crippen MR) is 89.2 cm³/mol. The van der Waals surface area contributed by atoms with Gasteiger partial charge in [0.15, 0.2) is 6.61 Å². The fraction of sp³-hybridized carbons (Fsp3) is 0.0714. The average molecular weight is 400 g/mol. The van der Waals surface area contributed by atoms with Crippen molar-refractivity contribution in [3.63, 3.8) is 0 Å². The van der Waals surface area contributed by atoms with Gasteiger partial charge in [0.1, 0.15) is 5.75 Å². The lowest BCUT2D eigenvalue weighted by atomic mass is 10.3. The van der Waals surface area contributed by atoms with Gasteiger partial charge in [-0.3, -0.25) is 14.9 Å². The molecule has 0 bridgehead atoms. The van der Waals surface area contributed by atoms with Gasteiger partial charge in [-0.2, -0.15) is 0 Å². The van der Waals surface area contributed by atoms with Gasteiger partial charge in [0.25, 0.3) is 15.9 Å². The van der Waals surface area contributed by atoms with Gasteiger partial charge in [0.2, 0.25) is 0 Å². The van der Waals surface area contributed by atoms with E-state index in [2.05, 4.69) is 20.7 Å². The van der Waals surface area contributed by atoms with Crippen molar-refractivity contribution in [2.75, 3.05) is 11.3 Å². The Hall–Kier alpha value is -2.10. The molecular weight excluding hydrogens is 386 g/mol. The first-order valence-corrected chi connectivity index (χ1v) is 8.69. The van der Waals surface area contributed by atoms with Crippen LogP contribution in [0.15, 0.2) is 57.9 Å². The van der Waals surface area contributed by atoms with Crippen LogP contribution in [0.1, 0.15) is 0 Å². The van der Waals surface area contributed by atoms with Gasteiger partial charge >= 0.3 is 0 Å². The molecule has 0 spiro atoms. The number of amides is 1. The van der Waals surface area contributed by atoms with Crippen molar-refractivity contribution in [2.24, 2.45) is 5.84 Å². The molecular formula is C14H14BrN3O4S. The lowest BCUT2D eigenvalue weighted by Gasteiger charge is -2.09. The molecule has 0 heterocycles. The number of sulfonamides is 1. The highest BCUT2D eigenvalue weighted by atomic mass is 79.9. The minimum atomic E-state index is -3.70. The molecule has 4 N–H and O–H groups in total. The van der Waals surface area contributed by atoms with Gasteiger partial charge in [-0.15, -0.1) is 0 Å². The number of carbonyl (C=O) groups is 1. The summed E-state index contributed by atoms with van der Waals surface area (Å²) in [6.45, 7) is -0.250. The normalized spacial score (nSPS) is 10.9. The third-order valence-corrected chi connectivity index (χ3v) is 4.69. The minimum Gasteiger partial charge on any atom is -0.484 e. The van der Waals surface area contributed by atoms with Crippen LogP contribution in [0.2, 0.25) is 0 Å². The molecule has 1 amide bonds. The van der Waals surface area contributed by atoms with Gasteiger partial charge in [-0.1, -0.05) is 15.9 Å². The molecule has 0 atom stereocenters. The summed E-state index contributed by atoms with van der Waals surface area (Å²) < 4.78 is 33.0. The van der Waals surface area contributed by atoms with Crippen molar-refractivity contribution in [1.29, 1.82) is 0 Å². The number of hydrazine groups is 1. The summed E-state index contributed by atoms with van der Waals surface area (Å²) >= 11 is 3.28. The highest BCUT2D eigenvalue weighted by Crippen LogP contribution is 2.20. The summed E-state index contributed by atoms with van der Waals surface area (Å²) in [6.07, 6.45) is 0. The maximum Gasteiger partial charge on any atom is 0.271 e. The maximum absolute atomic E-state index is 12.3. The molecule has 2 rings (SSSR count). The lowest BCUT2D eigenvalue weighted by Crippen LogP contribution is -2.34. The van der Waals surface area contributed by atoms with Crippen LogP contribution in [0.4, 0.5) is 5.69 Å². The zero-order chi connectivity index (χ0) is 16.9. The van der Waals surface area contributed by atoms with Crippen LogP contribution >= 0.6 is 15.9 Å². The van der Waals surface area contributed by atoms with Crippen molar-refractivity contribution in [3.8, 4) is 5.75 Å². The van der Waals surface area contributed by atoms with E-state index in [1.165, 1.54) is 24.3 Å². The predicted octanol–water partition coefficient (Wildman–Crippen LogP) is 1.62. The van der Waals surface area contributed by atoms with Gasteiger partial charge in [0, 0.05) is 10.2 Å². The number of rotatable bonds is 6. The Morgan fingerprint density at radius 1 is 1.09 bits per heavy atom. The maximum atomic E-state index is 12.3. The Kier molecular flexibility index (Phi) is 5.59. The van der Waals surface area contributed by atoms with Crippen LogP contribution in [0.3, 0.4) is 0 Å². The van der Waals surface area contributed by atoms with E-state index in [9.17, 15) is 13.2 Å². The molecule has 7 nitrogen and oxygen atoms in total. The van der Waals surface area contributed by atoms with E-state index >= 15 is 0 Å². The van der Waals surface area contributed by atoms with Crippen molar-refractivity contribution >= 4 is 37.5 Å². The molecule has 0 fully saturated rings. The molecule has 0 aliphatic carbocycles. The summed E-state index contributed by atoms with van der Waals surface area (Å²) in [7, 11) is -3.70. The molecule has 122 valence electrons. The fourth-order valence-electron chi connectivity index (χ4n) is 1.64. The number of halogens is 1. The first kappa shape index (κ1) is 17.3. The Balaban J connectivity index is 2.08. The quantitative estimate of drug-likeness (QED) is 0.388. The molecule has 0 saturated carbocycles. The number of hydrogen-bond donors (Lipinski definition) is 3. The molecule has 0 aliphatic rings. The van der Waals surface area contributed by atoms with Gasteiger partial charge in [-0.05, 0) is 48.5 Å². The molecule has 2 aromatic carbocycles. The number of nitrogens with two attached hydrogens (primary N) is 1. The SMILES string of the molecule is NNC(=O)COc1ccc(S(=O)(=O)Nc2ccc(Br)cc2)cc1. The second kappa shape index (κ2) is 7.44. The summed E-state index contributed by atoms with van der Waals surface area (Å²) in [5, 5.41) is 0. The van der Waals surface area contributed by atoms with E-state index in [1.807, 2.05) is 5.43 Å². The monoisotopic (exact) mass is 399 g/mol. The second-order valence-electron chi connectivity index (χ2n) is 4.44. The van der Waals surface area contributed by atoms with E-state index in [-0.39, 0.29) is 11.5 Å². The molecule has 23 heavy (non-hydrogen) atoms. The van der Waals surface area contributed by atoms with Crippen molar-refractivity contribution in [1.82, 2.24) is 5.43 Å². The summed E-state index contributed by atoms with van der Waals surface area (Å²) in [6, 6.07) is 12.4. The number of anilines is 1. The number of hydrogen-bond acceptors (Lipinski definition) is 5. The van der Waals surface area contributed by atoms with E-state index in [0.29, 0.717) is 11.4 Å². The van der Waals surface area contributed by atoms with Crippen LogP contribution in [0.5, 0.6) is 5.75 Å². The third kappa shape index (κ3) is 4.95. The Morgan fingerprint density at radius 2 is 1.70 bits per heavy atom. The Morgan fingerprint density at radius 3 is 2.26 bits per heavy atom. The highest BCUT2D eigenvalue weighted by molar-refractivity contribution is 9.10. The van der Waals surface area contributed by atoms with Gasteiger partial charge in [-0.25, -0.2) is 14.3 Å². The van der Waals surface area contributed by atoms with Crippen molar-refractivity contribution < 1.29 is 17.9 Å². The summed E-state index contributed by atoms with van der Waals surface area (Å²) in [5.41, 5.74) is 2.38. The highest BCUT2D eigenvalue weighted by Gasteiger charge is 2.14. The van der Waals surface area contributed by atoms with Crippen LogP contribution < -0.4 is 20.7 Å². The first-order valence-electron chi connectivity index (χ1n) is 6.41. The van der Waals surface area contributed by atoms with Gasteiger partial charge in [0.05, 0.1) is 4.90 Å². The van der Waals surface area contributed by atoms with E-state index < -0.39 is 15.9 Å². The smallest absolute Gasteiger partial charge is 0.271 e. The Bertz CT molecular complexity index is 777. The molecule has 0 aliphatic heterocycles. The fourth-order valence-corrected chi connectivity index (χ4v) is 2.96. The first-order chi connectivity index (χ1) is 10.9.